The molecule has 7 heteroatoms. The highest BCUT2D eigenvalue weighted by Gasteiger charge is 2.24. The number of Topliss-reactive ketones (excluding diaryl/α,β-unsaturated/α-hetero) is 1. The fourth-order valence-corrected chi connectivity index (χ4v) is 3.90. The van der Waals surface area contributed by atoms with Gasteiger partial charge in [0.25, 0.3) is 0 Å². The Morgan fingerprint density at radius 2 is 1.70 bits per heavy atom. The average molecular weight is 443 g/mol. The van der Waals surface area contributed by atoms with Gasteiger partial charge in [0.05, 0.1) is 5.57 Å². The maximum atomic E-state index is 12.2. The lowest BCUT2D eigenvalue weighted by Gasteiger charge is -2.19. The predicted molar refractivity (Wildman–Crippen MR) is 115 cm³/mol. The van der Waals surface area contributed by atoms with Crippen molar-refractivity contribution in [3.8, 4) is 5.75 Å². The molecule has 0 amide bonds. The molecule has 0 saturated carbocycles. The van der Waals surface area contributed by atoms with Crippen LogP contribution in [-0.4, -0.2) is 28.3 Å². The molecule has 2 aromatic carbocycles. The second-order valence-electron chi connectivity index (χ2n) is 6.80. The number of aryl methyl sites for hydroxylation is 1. The number of carboxylic acid groups (broad SMARTS) is 1. The monoisotopic (exact) mass is 442 g/mol. The Labute approximate surface area is 182 Å². The molecule has 0 fully saturated rings. The molecule has 0 aromatic heterocycles. The van der Waals surface area contributed by atoms with E-state index < -0.39 is 11.8 Å². The van der Waals surface area contributed by atoms with Crippen molar-refractivity contribution in [3.05, 3.63) is 91.5 Å². The van der Waals surface area contributed by atoms with Crippen molar-refractivity contribution in [3.63, 3.8) is 0 Å². The van der Waals surface area contributed by atoms with Crippen molar-refractivity contribution in [1.82, 2.24) is 0 Å². The van der Waals surface area contributed by atoms with Crippen molar-refractivity contribution < 1.29 is 24.6 Å². The second kappa shape index (κ2) is 8.30. The van der Waals surface area contributed by atoms with Crippen molar-refractivity contribution in [2.24, 2.45) is 0 Å². The maximum absolute atomic E-state index is 12.2. The molecule has 2 N–H and O–H groups in total. The number of carbonyl (C=O) groups is 3. The predicted octanol–water partition coefficient (Wildman–Crippen LogP) is 5.16. The summed E-state index contributed by atoms with van der Waals surface area (Å²) in [5, 5.41) is 20.3. The summed E-state index contributed by atoms with van der Waals surface area (Å²) >= 11 is 12.9. The summed E-state index contributed by atoms with van der Waals surface area (Å²) in [7, 11) is 0. The Morgan fingerprint density at radius 3 is 2.27 bits per heavy atom. The molecular formula is C23H16Cl2O5. The largest absolute Gasteiger partial charge is 0.507 e. The lowest BCUT2D eigenvalue weighted by Crippen LogP contribution is -2.11. The number of allylic oxidation sites excluding steroid dienone is 5. The van der Waals surface area contributed by atoms with Gasteiger partial charge in [-0.2, -0.15) is 0 Å². The van der Waals surface area contributed by atoms with Crippen molar-refractivity contribution in [2.45, 2.75) is 13.8 Å². The van der Waals surface area contributed by atoms with E-state index in [4.69, 9.17) is 23.2 Å². The Bertz CT molecular complexity index is 1180. The first kappa shape index (κ1) is 21.6. The van der Waals surface area contributed by atoms with E-state index in [0.717, 1.165) is 0 Å². The number of aromatic hydroxyl groups is 1. The van der Waals surface area contributed by atoms with E-state index in [0.29, 0.717) is 49.7 Å². The molecule has 0 spiro atoms. The first-order chi connectivity index (χ1) is 14.1. The fraction of sp³-hybridized carbons (Fsp3) is 0.0870. The Balaban J connectivity index is 2.48. The van der Waals surface area contributed by atoms with Gasteiger partial charge in [-0.05, 0) is 78.1 Å². The number of carbonyl (C=O) groups excluding carboxylic acids is 2. The minimum atomic E-state index is -1.30. The Morgan fingerprint density at radius 1 is 1.07 bits per heavy atom. The number of benzene rings is 2. The molecule has 0 saturated heterocycles. The summed E-state index contributed by atoms with van der Waals surface area (Å²) < 4.78 is 0. The molecule has 0 heterocycles. The molecule has 1 aliphatic carbocycles. The van der Waals surface area contributed by atoms with Crippen LogP contribution in [0.2, 0.25) is 10.0 Å². The van der Waals surface area contributed by atoms with Crippen LogP contribution in [0.1, 0.15) is 34.0 Å². The molecule has 1 aliphatic rings. The SMILES string of the molecule is CC1=C/C(=C(/c2cc(C)c(O)c(C(=O)O)c2)c2c(Cl)cccc2Cl)C=C(C=O)C1=O. The molecule has 0 unspecified atom stereocenters. The highest BCUT2D eigenvalue weighted by Crippen LogP contribution is 2.41. The van der Waals surface area contributed by atoms with Gasteiger partial charge >= 0.3 is 5.97 Å². The van der Waals surface area contributed by atoms with Gasteiger partial charge in [-0.25, -0.2) is 4.79 Å². The zero-order chi connectivity index (χ0) is 22.2. The summed E-state index contributed by atoms with van der Waals surface area (Å²) in [6.45, 7) is 3.15. The number of ketones is 1. The topological polar surface area (TPSA) is 91.7 Å². The Hall–Kier alpha value is -3.15. The van der Waals surface area contributed by atoms with Gasteiger partial charge < -0.3 is 10.2 Å². The van der Waals surface area contributed by atoms with Crippen molar-refractivity contribution in [2.75, 3.05) is 0 Å². The fourth-order valence-electron chi connectivity index (χ4n) is 3.31. The molecule has 0 bridgehead atoms. The molecule has 5 nitrogen and oxygen atoms in total. The molecule has 0 atom stereocenters. The molecule has 3 rings (SSSR count). The van der Waals surface area contributed by atoms with Crippen LogP contribution in [0.3, 0.4) is 0 Å². The first-order valence-electron chi connectivity index (χ1n) is 8.81. The van der Waals surface area contributed by atoms with E-state index in [9.17, 15) is 24.6 Å². The zero-order valence-corrected chi connectivity index (χ0v) is 17.5. The van der Waals surface area contributed by atoms with E-state index >= 15 is 0 Å². The van der Waals surface area contributed by atoms with E-state index in [1.54, 1.807) is 44.2 Å². The number of aromatic carboxylic acids is 1. The highest BCUT2D eigenvalue weighted by molar-refractivity contribution is 6.38. The third kappa shape index (κ3) is 3.82. The van der Waals surface area contributed by atoms with Crippen molar-refractivity contribution in [1.29, 1.82) is 0 Å². The van der Waals surface area contributed by atoms with Gasteiger partial charge in [0.15, 0.2) is 12.1 Å². The van der Waals surface area contributed by atoms with Gasteiger partial charge in [-0.1, -0.05) is 29.3 Å². The summed E-state index contributed by atoms with van der Waals surface area (Å²) in [6.07, 6.45) is 3.47. The third-order valence-electron chi connectivity index (χ3n) is 4.75. The minimum Gasteiger partial charge on any atom is -0.507 e. The number of hydrogen-bond donors (Lipinski definition) is 2. The summed E-state index contributed by atoms with van der Waals surface area (Å²) in [6, 6.07) is 7.82. The molecule has 152 valence electrons. The molecule has 30 heavy (non-hydrogen) atoms. The van der Waals surface area contributed by atoms with Crippen molar-refractivity contribution >= 4 is 46.8 Å². The van der Waals surface area contributed by atoms with E-state index in [2.05, 4.69) is 0 Å². The second-order valence-corrected chi connectivity index (χ2v) is 7.61. The lowest BCUT2D eigenvalue weighted by atomic mass is 9.86. The Kier molecular flexibility index (Phi) is 5.97. The standard InChI is InChI=1S/C23H16Cl2O5/c1-11-6-13(8-15(10-26)21(11)27)19(20-17(24)4-3-5-18(20)25)14-7-12(2)22(28)16(9-14)23(29)30/h3-10,28H,1-2H3,(H,29,30)/b19-13+. The summed E-state index contributed by atoms with van der Waals surface area (Å²) in [5.74, 6) is -2.05. The van der Waals surface area contributed by atoms with Gasteiger partial charge in [0.1, 0.15) is 11.3 Å². The van der Waals surface area contributed by atoms with Crippen LogP contribution >= 0.6 is 23.2 Å². The number of phenols is 1. The third-order valence-corrected chi connectivity index (χ3v) is 5.38. The number of halogens is 2. The number of carboxylic acids is 1. The average Bonchev–Trinajstić information content (AvgIpc) is 2.69. The van der Waals surface area contributed by atoms with Crippen LogP contribution in [0, 0.1) is 6.92 Å². The molecular weight excluding hydrogens is 427 g/mol. The number of aldehydes is 1. The van der Waals surface area contributed by atoms with E-state index in [1.165, 1.54) is 12.1 Å². The molecule has 0 radical (unpaired) electrons. The van der Waals surface area contributed by atoms with E-state index in [-0.39, 0.29) is 16.9 Å². The zero-order valence-electron chi connectivity index (χ0n) is 16.0. The molecule has 2 aromatic rings. The molecule has 0 aliphatic heterocycles. The van der Waals surface area contributed by atoms with Gasteiger partial charge in [-0.3, -0.25) is 9.59 Å². The minimum absolute atomic E-state index is 0.0420. The van der Waals surface area contributed by atoms with Gasteiger partial charge in [0, 0.05) is 15.6 Å². The maximum Gasteiger partial charge on any atom is 0.339 e. The van der Waals surface area contributed by atoms with Crippen LogP contribution in [-0.2, 0) is 9.59 Å². The number of hydrogen-bond acceptors (Lipinski definition) is 4. The normalized spacial score (nSPS) is 15.4. The van der Waals surface area contributed by atoms with Crippen LogP contribution in [0.25, 0.3) is 5.57 Å². The number of rotatable bonds is 4. The smallest absolute Gasteiger partial charge is 0.339 e. The first-order valence-corrected chi connectivity index (χ1v) is 9.57. The van der Waals surface area contributed by atoms with E-state index in [1.807, 2.05) is 0 Å². The summed E-state index contributed by atoms with van der Waals surface area (Å²) in [4.78, 5) is 35.3. The lowest BCUT2D eigenvalue weighted by molar-refractivity contribution is -0.114. The quantitative estimate of drug-likeness (QED) is 0.503. The van der Waals surface area contributed by atoms with Crippen LogP contribution in [0.15, 0.2) is 59.2 Å². The van der Waals surface area contributed by atoms with Gasteiger partial charge in [0.2, 0.25) is 0 Å². The van der Waals surface area contributed by atoms with Gasteiger partial charge in [-0.15, -0.1) is 0 Å². The van der Waals surface area contributed by atoms with Crippen LogP contribution < -0.4 is 0 Å². The van der Waals surface area contributed by atoms with Crippen LogP contribution in [0.5, 0.6) is 5.75 Å². The van der Waals surface area contributed by atoms with Crippen LogP contribution in [0.4, 0.5) is 0 Å². The highest BCUT2D eigenvalue weighted by atomic mass is 35.5. The summed E-state index contributed by atoms with van der Waals surface area (Å²) in [5.41, 5.74) is 2.05.